The van der Waals surface area contributed by atoms with Crippen molar-refractivity contribution in [3.05, 3.63) is 10.6 Å². The molecule has 0 spiro atoms. The molecule has 1 atom stereocenters. The van der Waals surface area contributed by atoms with Gasteiger partial charge in [0.25, 0.3) is 0 Å². The van der Waals surface area contributed by atoms with E-state index in [1.807, 2.05) is 11.8 Å². The number of hydrogen-bond donors (Lipinski definition) is 1. The summed E-state index contributed by atoms with van der Waals surface area (Å²) < 4.78 is 5.02. The van der Waals surface area contributed by atoms with Crippen LogP contribution in [0, 0.1) is 0 Å². The van der Waals surface area contributed by atoms with Gasteiger partial charge < -0.3 is 14.7 Å². The molecular weight excluding hydrogens is 284 g/mol. The van der Waals surface area contributed by atoms with Crippen LogP contribution in [0.25, 0.3) is 0 Å². The Morgan fingerprint density at radius 2 is 2.42 bits per heavy atom. The Balaban J connectivity index is 2.19. The lowest BCUT2D eigenvalue weighted by atomic mass is 10.3. The minimum atomic E-state index is -0.922. The second-order valence-corrected chi connectivity index (χ2v) is 6.74. The molecule has 19 heavy (non-hydrogen) atoms. The van der Waals surface area contributed by atoms with E-state index in [4.69, 9.17) is 4.74 Å². The average molecular weight is 302 g/mol. The van der Waals surface area contributed by atoms with Crippen molar-refractivity contribution in [2.75, 3.05) is 30.9 Å². The second-order valence-electron chi connectivity index (χ2n) is 4.36. The molecular formula is C12H18N2O3S2. The molecule has 1 fully saturated rings. The van der Waals surface area contributed by atoms with E-state index in [-0.39, 0.29) is 6.61 Å². The summed E-state index contributed by atoms with van der Waals surface area (Å²) in [5, 5.41) is 10.6. The molecule has 1 aliphatic heterocycles. The van der Waals surface area contributed by atoms with Gasteiger partial charge in [-0.15, -0.1) is 0 Å². The zero-order chi connectivity index (χ0) is 13.8. The van der Waals surface area contributed by atoms with Gasteiger partial charge in [0.15, 0.2) is 5.13 Å². The predicted octanol–water partition coefficient (Wildman–Crippen LogP) is 2.32. The Bertz CT molecular complexity index is 450. The zero-order valence-corrected chi connectivity index (χ0v) is 12.7. The highest BCUT2D eigenvalue weighted by Gasteiger charge is 2.24. The number of carboxylic acids is 1. The Kier molecular flexibility index (Phi) is 5.06. The van der Waals surface area contributed by atoms with E-state index in [1.54, 1.807) is 7.11 Å². The van der Waals surface area contributed by atoms with E-state index in [9.17, 15) is 9.90 Å². The van der Waals surface area contributed by atoms with E-state index < -0.39 is 5.97 Å². The van der Waals surface area contributed by atoms with Gasteiger partial charge in [0.05, 0.1) is 12.3 Å². The van der Waals surface area contributed by atoms with Crippen molar-refractivity contribution in [2.24, 2.45) is 0 Å². The molecule has 1 aromatic heterocycles. The molecule has 106 valence electrons. The fourth-order valence-electron chi connectivity index (χ4n) is 2.02. The van der Waals surface area contributed by atoms with Gasteiger partial charge in [-0.3, -0.25) is 0 Å². The second kappa shape index (κ2) is 6.58. The van der Waals surface area contributed by atoms with Crippen LogP contribution in [0.5, 0.6) is 0 Å². The van der Waals surface area contributed by atoms with Gasteiger partial charge in [-0.2, -0.15) is 11.8 Å². The Hall–Kier alpha value is -0.790. The van der Waals surface area contributed by atoms with Crippen molar-refractivity contribution in [1.29, 1.82) is 0 Å². The van der Waals surface area contributed by atoms with Crippen LogP contribution in [-0.2, 0) is 11.3 Å². The van der Waals surface area contributed by atoms with E-state index in [0.29, 0.717) is 15.8 Å². The number of aromatic nitrogens is 1. The highest BCUT2D eigenvalue weighted by Crippen LogP contribution is 2.31. The van der Waals surface area contributed by atoms with Crippen molar-refractivity contribution in [1.82, 2.24) is 4.98 Å². The number of methoxy groups -OCH3 is 1. The van der Waals surface area contributed by atoms with Crippen molar-refractivity contribution in [3.63, 3.8) is 0 Å². The molecule has 1 saturated heterocycles. The summed E-state index contributed by atoms with van der Waals surface area (Å²) >= 11 is 3.24. The molecule has 0 radical (unpaired) electrons. The van der Waals surface area contributed by atoms with Crippen LogP contribution in [0.3, 0.4) is 0 Å². The number of thioether (sulfide) groups is 1. The van der Waals surface area contributed by atoms with Gasteiger partial charge in [0.2, 0.25) is 0 Å². The molecule has 0 aliphatic carbocycles. The van der Waals surface area contributed by atoms with Crippen molar-refractivity contribution >= 4 is 34.2 Å². The molecule has 1 N–H and O–H groups in total. The van der Waals surface area contributed by atoms with Gasteiger partial charge in [0.1, 0.15) is 4.88 Å². The number of anilines is 1. The molecule has 0 bridgehead atoms. The third kappa shape index (κ3) is 3.40. The maximum atomic E-state index is 11.2. The smallest absolute Gasteiger partial charge is 0.347 e. The largest absolute Gasteiger partial charge is 0.477 e. The van der Waals surface area contributed by atoms with E-state index in [2.05, 4.69) is 16.8 Å². The number of aromatic carboxylic acids is 1. The van der Waals surface area contributed by atoms with Crippen LogP contribution < -0.4 is 4.90 Å². The first-order valence-corrected chi connectivity index (χ1v) is 8.10. The monoisotopic (exact) mass is 302 g/mol. The van der Waals surface area contributed by atoms with Crippen LogP contribution in [0.4, 0.5) is 5.13 Å². The van der Waals surface area contributed by atoms with Crippen LogP contribution in [-0.4, -0.2) is 47.3 Å². The van der Waals surface area contributed by atoms with Crippen LogP contribution >= 0.6 is 23.1 Å². The van der Waals surface area contributed by atoms with Crippen molar-refractivity contribution in [2.45, 2.75) is 25.2 Å². The third-order valence-corrected chi connectivity index (χ3v) is 5.54. The summed E-state index contributed by atoms with van der Waals surface area (Å²) in [5.74, 6) is 0.148. The normalized spacial score (nSPS) is 19.7. The fourth-order valence-corrected chi connectivity index (χ4v) is 4.14. The predicted molar refractivity (Wildman–Crippen MR) is 78.5 cm³/mol. The van der Waals surface area contributed by atoms with Gasteiger partial charge in [-0.25, -0.2) is 9.78 Å². The van der Waals surface area contributed by atoms with Crippen molar-refractivity contribution in [3.8, 4) is 0 Å². The molecule has 1 unspecified atom stereocenters. The lowest BCUT2D eigenvalue weighted by Crippen LogP contribution is -2.37. The lowest BCUT2D eigenvalue weighted by Gasteiger charge is -2.31. The van der Waals surface area contributed by atoms with Crippen LogP contribution in [0.2, 0.25) is 0 Å². The first kappa shape index (κ1) is 14.6. The third-order valence-electron chi connectivity index (χ3n) is 3.03. The number of carboxylic acid groups (broad SMARTS) is 1. The minimum absolute atomic E-state index is 0.248. The molecule has 7 heteroatoms. The Morgan fingerprint density at radius 1 is 1.63 bits per heavy atom. The molecule has 0 aromatic carbocycles. The Labute approximate surface area is 121 Å². The fraction of sp³-hybridized carbons (Fsp3) is 0.667. The molecule has 2 heterocycles. The summed E-state index contributed by atoms with van der Waals surface area (Å²) in [5.41, 5.74) is 0.529. The first-order chi connectivity index (χ1) is 9.15. The average Bonchev–Trinajstić information content (AvgIpc) is 2.83. The van der Waals surface area contributed by atoms with Gasteiger partial charge in [0, 0.05) is 31.2 Å². The summed E-state index contributed by atoms with van der Waals surface area (Å²) in [4.78, 5) is 18.1. The number of nitrogens with zero attached hydrogens (tertiary/aromatic N) is 2. The molecule has 0 amide bonds. The minimum Gasteiger partial charge on any atom is -0.477 e. The summed E-state index contributed by atoms with van der Waals surface area (Å²) in [6, 6.07) is 0. The van der Waals surface area contributed by atoms with Gasteiger partial charge in [-0.1, -0.05) is 18.3 Å². The maximum absolute atomic E-state index is 11.2. The zero-order valence-electron chi connectivity index (χ0n) is 11.1. The van der Waals surface area contributed by atoms with Gasteiger partial charge in [-0.05, 0) is 6.42 Å². The molecule has 5 nitrogen and oxygen atoms in total. The summed E-state index contributed by atoms with van der Waals surface area (Å²) in [6.07, 6.45) is 1.13. The summed E-state index contributed by atoms with van der Waals surface area (Å²) in [7, 11) is 1.55. The molecule has 1 aromatic rings. The van der Waals surface area contributed by atoms with Crippen LogP contribution in [0.1, 0.15) is 28.7 Å². The number of thiazole rings is 1. The topological polar surface area (TPSA) is 62.7 Å². The van der Waals surface area contributed by atoms with E-state index in [1.165, 1.54) is 11.3 Å². The highest BCUT2D eigenvalue weighted by atomic mass is 32.2. The number of ether oxygens (including phenoxy) is 1. The standard InChI is InChI=1S/C12H18N2O3S2/c1-3-8-6-14(4-5-18-8)12-13-9(7-17-2)10(19-12)11(15)16/h8H,3-7H2,1-2H3,(H,15,16). The van der Waals surface area contributed by atoms with E-state index in [0.717, 1.165) is 30.4 Å². The summed E-state index contributed by atoms with van der Waals surface area (Å²) in [6.45, 7) is 4.31. The number of hydrogen-bond acceptors (Lipinski definition) is 6. The highest BCUT2D eigenvalue weighted by molar-refractivity contribution is 8.00. The Morgan fingerprint density at radius 3 is 3.05 bits per heavy atom. The number of rotatable bonds is 5. The van der Waals surface area contributed by atoms with Crippen molar-refractivity contribution < 1.29 is 14.6 Å². The number of carbonyl (C=O) groups is 1. The molecule has 2 rings (SSSR count). The van der Waals surface area contributed by atoms with Gasteiger partial charge >= 0.3 is 5.97 Å². The van der Waals surface area contributed by atoms with E-state index >= 15 is 0 Å². The maximum Gasteiger partial charge on any atom is 0.347 e. The quantitative estimate of drug-likeness (QED) is 0.900. The SMILES string of the molecule is CCC1CN(c2nc(COC)c(C(=O)O)s2)CCS1. The molecule has 1 aliphatic rings. The molecule has 0 saturated carbocycles. The van der Waals surface area contributed by atoms with Crippen LogP contribution in [0.15, 0.2) is 0 Å². The first-order valence-electron chi connectivity index (χ1n) is 6.24. The lowest BCUT2D eigenvalue weighted by molar-refractivity contribution is 0.0697.